The summed E-state index contributed by atoms with van der Waals surface area (Å²) in [4.78, 5) is 15.0. The second-order valence-electron chi connectivity index (χ2n) is 7.57. The van der Waals surface area contributed by atoms with E-state index in [-0.39, 0.29) is 18.0 Å². The first kappa shape index (κ1) is 19.9. The van der Waals surface area contributed by atoms with E-state index >= 15 is 0 Å². The van der Waals surface area contributed by atoms with E-state index in [9.17, 15) is 18.0 Å². The number of anilines is 1. The third-order valence-electron chi connectivity index (χ3n) is 5.58. The monoisotopic (exact) mass is 433 g/mol. The Hall–Kier alpha value is -4.00. The molecule has 4 aromatic rings. The summed E-state index contributed by atoms with van der Waals surface area (Å²) < 4.78 is 43.5. The smallest absolute Gasteiger partial charge is 0.318 e. The van der Waals surface area contributed by atoms with E-state index in [2.05, 4.69) is 5.32 Å². The van der Waals surface area contributed by atoms with Crippen LogP contribution in [0.2, 0.25) is 0 Å². The number of halogens is 3. The van der Waals surface area contributed by atoms with Crippen LogP contribution in [0.1, 0.15) is 22.9 Å². The summed E-state index contributed by atoms with van der Waals surface area (Å²) in [5, 5.41) is 2.50. The van der Waals surface area contributed by atoms with Gasteiger partial charge in [0.05, 0.1) is 24.0 Å². The summed E-state index contributed by atoms with van der Waals surface area (Å²) in [5.74, 6) is -1.79. The molecule has 2 heterocycles. The van der Waals surface area contributed by atoms with Gasteiger partial charge in [0.25, 0.3) is 0 Å². The van der Waals surface area contributed by atoms with Crippen molar-refractivity contribution in [3.05, 3.63) is 119 Å². The molecule has 1 aromatic heterocycles. The molecule has 32 heavy (non-hydrogen) atoms. The summed E-state index contributed by atoms with van der Waals surface area (Å²) in [6, 6.07) is 19.0. The molecule has 0 fully saturated rings. The lowest BCUT2D eigenvalue weighted by Crippen LogP contribution is -2.38. The lowest BCUT2D eigenvalue weighted by atomic mass is 10.0. The van der Waals surface area contributed by atoms with Crippen molar-refractivity contribution in [1.82, 2.24) is 9.47 Å². The van der Waals surface area contributed by atoms with E-state index in [4.69, 9.17) is 0 Å². The van der Waals surface area contributed by atoms with Gasteiger partial charge in [0.1, 0.15) is 17.5 Å². The molecule has 3 aromatic carbocycles. The molecule has 0 bridgehead atoms. The van der Waals surface area contributed by atoms with E-state index in [1.54, 1.807) is 12.1 Å². The fourth-order valence-electron chi connectivity index (χ4n) is 4.12. The number of amides is 2. The van der Waals surface area contributed by atoms with Gasteiger partial charge in [-0.3, -0.25) is 0 Å². The summed E-state index contributed by atoms with van der Waals surface area (Å²) >= 11 is 0. The van der Waals surface area contributed by atoms with Gasteiger partial charge in [-0.15, -0.1) is 0 Å². The van der Waals surface area contributed by atoms with Crippen LogP contribution in [0.15, 0.2) is 85.1 Å². The second-order valence-corrected chi connectivity index (χ2v) is 7.57. The number of carbonyl (C=O) groups excluding carboxylic acids is 1. The third-order valence-corrected chi connectivity index (χ3v) is 5.58. The Morgan fingerprint density at radius 2 is 1.62 bits per heavy atom. The van der Waals surface area contributed by atoms with Crippen LogP contribution in [0.4, 0.5) is 23.7 Å². The van der Waals surface area contributed by atoms with Crippen molar-refractivity contribution in [2.24, 2.45) is 0 Å². The zero-order valence-electron chi connectivity index (χ0n) is 16.8. The van der Waals surface area contributed by atoms with Gasteiger partial charge in [-0.25, -0.2) is 18.0 Å². The number of benzene rings is 3. The molecule has 0 spiro atoms. The number of nitrogens with zero attached hydrogens (tertiary/aromatic N) is 2. The van der Waals surface area contributed by atoms with Crippen LogP contribution in [0.3, 0.4) is 0 Å². The van der Waals surface area contributed by atoms with Gasteiger partial charge in [-0.2, -0.15) is 0 Å². The Morgan fingerprint density at radius 3 is 2.44 bits per heavy atom. The maximum Gasteiger partial charge on any atom is 0.323 e. The van der Waals surface area contributed by atoms with Crippen LogP contribution < -0.4 is 5.32 Å². The summed E-state index contributed by atoms with van der Waals surface area (Å²) in [6.07, 6.45) is 1.90. The van der Waals surface area contributed by atoms with Crippen molar-refractivity contribution in [2.45, 2.75) is 12.6 Å². The molecule has 160 valence electrons. The van der Waals surface area contributed by atoms with Crippen molar-refractivity contribution < 1.29 is 18.0 Å². The third kappa shape index (κ3) is 3.51. The van der Waals surface area contributed by atoms with E-state index in [0.29, 0.717) is 5.56 Å². The number of urea groups is 1. The largest absolute Gasteiger partial charge is 0.323 e. The molecule has 1 aliphatic rings. The van der Waals surface area contributed by atoms with Crippen molar-refractivity contribution in [3.63, 3.8) is 0 Å². The fraction of sp³-hybridized carbons (Fsp3) is 0.0800. The Balaban J connectivity index is 1.63. The van der Waals surface area contributed by atoms with Crippen LogP contribution in [0.5, 0.6) is 0 Å². The van der Waals surface area contributed by atoms with Crippen LogP contribution in [0.25, 0.3) is 5.69 Å². The number of aromatic nitrogens is 1. The summed E-state index contributed by atoms with van der Waals surface area (Å²) in [5.41, 5.74) is 3.02. The first-order valence-electron chi connectivity index (χ1n) is 10.0. The van der Waals surface area contributed by atoms with Gasteiger partial charge < -0.3 is 14.8 Å². The maximum atomic E-state index is 14.2. The van der Waals surface area contributed by atoms with Crippen molar-refractivity contribution >= 4 is 11.7 Å². The number of nitrogens with one attached hydrogen (secondary N) is 1. The number of hydrogen-bond acceptors (Lipinski definition) is 1. The van der Waals surface area contributed by atoms with Gasteiger partial charge in [0.2, 0.25) is 0 Å². The topological polar surface area (TPSA) is 37.3 Å². The molecule has 4 nitrogen and oxygen atoms in total. The number of rotatable bonds is 2. The van der Waals surface area contributed by atoms with Gasteiger partial charge >= 0.3 is 6.03 Å². The van der Waals surface area contributed by atoms with Crippen LogP contribution in [-0.2, 0) is 6.54 Å². The molecule has 0 unspecified atom stereocenters. The summed E-state index contributed by atoms with van der Waals surface area (Å²) in [6.45, 7) is 0.211. The van der Waals surface area contributed by atoms with Crippen molar-refractivity contribution in [2.75, 3.05) is 5.32 Å². The Bertz CT molecular complexity index is 1300. The van der Waals surface area contributed by atoms with Crippen LogP contribution in [0, 0.1) is 17.5 Å². The lowest BCUT2D eigenvalue weighted by Gasteiger charge is -2.31. The predicted molar refractivity (Wildman–Crippen MR) is 115 cm³/mol. The average molecular weight is 433 g/mol. The first-order chi connectivity index (χ1) is 15.5. The average Bonchev–Trinajstić information content (AvgIpc) is 3.21. The minimum atomic E-state index is -0.739. The molecule has 0 radical (unpaired) electrons. The molecule has 0 saturated heterocycles. The molecule has 0 aliphatic carbocycles. The zero-order chi connectivity index (χ0) is 22.2. The molecular formula is C25H18F3N3O. The normalized spacial score (nSPS) is 15.0. The first-order valence-corrected chi connectivity index (χ1v) is 10.0. The van der Waals surface area contributed by atoms with Gasteiger partial charge in [-0.1, -0.05) is 30.3 Å². The molecule has 7 heteroatoms. The summed E-state index contributed by atoms with van der Waals surface area (Å²) in [7, 11) is 0. The minimum Gasteiger partial charge on any atom is -0.318 e. The van der Waals surface area contributed by atoms with Crippen LogP contribution in [-0.4, -0.2) is 15.5 Å². The highest BCUT2D eigenvalue weighted by atomic mass is 19.1. The standard InChI is InChI=1S/C25H18F3N3O/c26-18-9-7-16(8-10-18)24-23-6-3-13-30(23)22-5-2-1-4-17(22)15-31(24)25(32)29-21-14-19(27)11-12-20(21)28/h1-14,24H,15H2,(H,29,32)/t24-/m1/s1. The highest BCUT2D eigenvalue weighted by molar-refractivity contribution is 5.90. The molecule has 2 amide bonds. The number of hydrogen-bond donors (Lipinski definition) is 1. The quantitative estimate of drug-likeness (QED) is 0.412. The zero-order valence-corrected chi connectivity index (χ0v) is 16.8. The number of carbonyl (C=O) groups is 1. The fourth-order valence-corrected chi connectivity index (χ4v) is 4.12. The molecular weight excluding hydrogens is 415 g/mol. The van der Waals surface area contributed by atoms with Gasteiger partial charge in [-0.05, 0) is 53.6 Å². The van der Waals surface area contributed by atoms with E-state index < -0.39 is 23.7 Å². The van der Waals surface area contributed by atoms with Gasteiger partial charge in [0, 0.05) is 18.0 Å². The lowest BCUT2D eigenvalue weighted by molar-refractivity contribution is 0.194. The second kappa shape index (κ2) is 7.92. The Labute approximate surface area is 182 Å². The van der Waals surface area contributed by atoms with Gasteiger partial charge in [0.15, 0.2) is 0 Å². The number of fused-ring (bicyclic) bond motifs is 3. The van der Waals surface area contributed by atoms with Crippen molar-refractivity contribution in [3.8, 4) is 5.69 Å². The number of para-hydroxylation sites is 1. The highest BCUT2D eigenvalue weighted by Gasteiger charge is 2.33. The van der Waals surface area contributed by atoms with Crippen molar-refractivity contribution in [1.29, 1.82) is 0 Å². The molecule has 1 atom stereocenters. The van der Waals surface area contributed by atoms with Crippen LogP contribution >= 0.6 is 0 Å². The SMILES string of the molecule is O=C(Nc1cc(F)ccc1F)N1Cc2ccccc2-n2cccc2[C@H]1c1ccc(F)cc1. The molecule has 1 N–H and O–H groups in total. The predicted octanol–water partition coefficient (Wildman–Crippen LogP) is 6.03. The maximum absolute atomic E-state index is 14.2. The Kier molecular flexibility index (Phi) is 4.93. The minimum absolute atomic E-state index is 0.211. The van der Waals surface area contributed by atoms with E-state index in [1.165, 1.54) is 17.0 Å². The molecule has 0 saturated carbocycles. The molecule has 5 rings (SSSR count). The van der Waals surface area contributed by atoms with E-state index in [1.807, 2.05) is 47.2 Å². The molecule has 1 aliphatic heterocycles. The Morgan fingerprint density at radius 1 is 0.875 bits per heavy atom. The highest BCUT2D eigenvalue weighted by Crippen LogP contribution is 2.37. The van der Waals surface area contributed by atoms with E-state index in [0.717, 1.165) is 35.1 Å².